The summed E-state index contributed by atoms with van der Waals surface area (Å²) in [6.07, 6.45) is 0.642. The first kappa shape index (κ1) is 17.0. The standard InChI is InChI=1S/C18H22N2O3/c1-13(2)17-8-5-15(11-18(17)20(22)23)12-19-16-6-3-14(4-7-16)9-10-21/h3-8,11,13,19,21H,9-10,12H2,1-2H3. The zero-order valence-electron chi connectivity index (χ0n) is 13.5. The van der Waals surface area contributed by atoms with Crippen molar-refractivity contribution in [1.29, 1.82) is 0 Å². The minimum Gasteiger partial charge on any atom is -0.396 e. The van der Waals surface area contributed by atoms with Gasteiger partial charge < -0.3 is 10.4 Å². The molecule has 0 aliphatic rings. The molecule has 0 radical (unpaired) electrons. The lowest BCUT2D eigenvalue weighted by Gasteiger charge is -2.10. The van der Waals surface area contributed by atoms with E-state index < -0.39 is 0 Å². The third kappa shape index (κ3) is 4.53. The number of rotatable bonds is 7. The van der Waals surface area contributed by atoms with Crippen LogP contribution < -0.4 is 5.32 Å². The topological polar surface area (TPSA) is 75.4 Å². The molecule has 0 heterocycles. The summed E-state index contributed by atoms with van der Waals surface area (Å²) < 4.78 is 0. The van der Waals surface area contributed by atoms with Crippen LogP contribution in [0.1, 0.15) is 36.5 Å². The van der Waals surface area contributed by atoms with Gasteiger partial charge in [0.05, 0.1) is 4.92 Å². The highest BCUT2D eigenvalue weighted by Crippen LogP contribution is 2.27. The van der Waals surface area contributed by atoms with E-state index in [0.717, 1.165) is 22.4 Å². The second-order valence-corrected chi connectivity index (χ2v) is 5.83. The second kappa shape index (κ2) is 7.74. The minimum absolute atomic E-state index is 0.122. The van der Waals surface area contributed by atoms with Crippen molar-refractivity contribution < 1.29 is 10.0 Å². The van der Waals surface area contributed by atoms with Crippen molar-refractivity contribution in [3.05, 3.63) is 69.3 Å². The van der Waals surface area contributed by atoms with E-state index in [1.54, 1.807) is 6.07 Å². The number of nitrogens with one attached hydrogen (secondary N) is 1. The Balaban J connectivity index is 2.08. The number of hydrogen-bond acceptors (Lipinski definition) is 4. The van der Waals surface area contributed by atoms with Crippen LogP contribution in [0, 0.1) is 10.1 Å². The molecule has 0 saturated heterocycles. The van der Waals surface area contributed by atoms with Crippen LogP contribution in [-0.4, -0.2) is 16.6 Å². The maximum atomic E-state index is 11.2. The number of anilines is 1. The Hall–Kier alpha value is -2.40. The first-order valence-electron chi connectivity index (χ1n) is 7.72. The quantitative estimate of drug-likeness (QED) is 0.601. The van der Waals surface area contributed by atoms with Crippen LogP contribution in [0.15, 0.2) is 42.5 Å². The number of nitrogens with zero attached hydrogens (tertiary/aromatic N) is 1. The number of aliphatic hydroxyl groups is 1. The Labute approximate surface area is 136 Å². The van der Waals surface area contributed by atoms with Crippen molar-refractivity contribution in [2.24, 2.45) is 0 Å². The summed E-state index contributed by atoms with van der Waals surface area (Å²) in [6, 6.07) is 13.2. The molecular formula is C18H22N2O3. The van der Waals surface area contributed by atoms with Gasteiger partial charge in [0.15, 0.2) is 0 Å². The average Bonchev–Trinajstić information content (AvgIpc) is 2.54. The summed E-state index contributed by atoms with van der Waals surface area (Å²) in [4.78, 5) is 10.9. The van der Waals surface area contributed by atoms with Gasteiger partial charge in [-0.25, -0.2) is 0 Å². The molecule has 0 aromatic heterocycles. The summed E-state index contributed by atoms with van der Waals surface area (Å²) in [6.45, 7) is 4.57. The molecule has 5 nitrogen and oxygen atoms in total. The lowest BCUT2D eigenvalue weighted by Crippen LogP contribution is -2.03. The van der Waals surface area contributed by atoms with Gasteiger partial charge in [0.25, 0.3) is 5.69 Å². The lowest BCUT2D eigenvalue weighted by atomic mass is 9.99. The highest BCUT2D eigenvalue weighted by atomic mass is 16.6. The molecule has 0 saturated carbocycles. The van der Waals surface area contributed by atoms with E-state index in [1.165, 1.54) is 0 Å². The van der Waals surface area contributed by atoms with Crippen molar-refractivity contribution in [2.45, 2.75) is 32.7 Å². The van der Waals surface area contributed by atoms with Crippen LogP contribution in [0.4, 0.5) is 11.4 Å². The van der Waals surface area contributed by atoms with Gasteiger partial charge in [-0.1, -0.05) is 38.1 Å². The molecular weight excluding hydrogens is 292 g/mol. The number of benzene rings is 2. The van der Waals surface area contributed by atoms with Gasteiger partial charge >= 0.3 is 0 Å². The molecule has 122 valence electrons. The summed E-state index contributed by atoms with van der Waals surface area (Å²) in [7, 11) is 0. The average molecular weight is 314 g/mol. The van der Waals surface area contributed by atoms with Crippen LogP contribution in [0.3, 0.4) is 0 Å². The van der Waals surface area contributed by atoms with Crippen LogP contribution in [0.25, 0.3) is 0 Å². The fraction of sp³-hybridized carbons (Fsp3) is 0.333. The molecule has 0 amide bonds. The maximum Gasteiger partial charge on any atom is 0.273 e. The van der Waals surface area contributed by atoms with Crippen LogP contribution in [0.5, 0.6) is 0 Å². The molecule has 0 atom stereocenters. The monoisotopic (exact) mass is 314 g/mol. The SMILES string of the molecule is CC(C)c1ccc(CNc2ccc(CCO)cc2)cc1[N+](=O)[O-]. The molecule has 0 aliphatic carbocycles. The van der Waals surface area contributed by atoms with Gasteiger partial charge in [0.2, 0.25) is 0 Å². The van der Waals surface area contributed by atoms with E-state index in [-0.39, 0.29) is 23.1 Å². The van der Waals surface area contributed by atoms with Crippen LogP contribution >= 0.6 is 0 Å². The number of aliphatic hydroxyl groups excluding tert-OH is 1. The highest BCUT2D eigenvalue weighted by Gasteiger charge is 2.16. The zero-order valence-corrected chi connectivity index (χ0v) is 13.5. The Kier molecular flexibility index (Phi) is 5.71. The molecule has 0 unspecified atom stereocenters. The van der Waals surface area contributed by atoms with Gasteiger partial charge in [-0.3, -0.25) is 10.1 Å². The molecule has 2 aromatic carbocycles. The summed E-state index contributed by atoms with van der Waals surface area (Å²) in [5.74, 6) is 0.122. The first-order chi connectivity index (χ1) is 11.0. The van der Waals surface area contributed by atoms with Crippen LogP contribution in [0.2, 0.25) is 0 Å². The number of hydrogen-bond donors (Lipinski definition) is 2. The fourth-order valence-corrected chi connectivity index (χ4v) is 2.47. The van der Waals surface area contributed by atoms with E-state index >= 15 is 0 Å². The largest absolute Gasteiger partial charge is 0.396 e. The highest BCUT2D eigenvalue weighted by molar-refractivity contribution is 5.48. The maximum absolute atomic E-state index is 11.2. The minimum atomic E-state index is -0.317. The van der Waals surface area contributed by atoms with E-state index in [1.807, 2.05) is 50.2 Å². The second-order valence-electron chi connectivity index (χ2n) is 5.83. The van der Waals surface area contributed by atoms with Crippen molar-refractivity contribution in [2.75, 3.05) is 11.9 Å². The molecule has 0 spiro atoms. The summed E-state index contributed by atoms with van der Waals surface area (Å²) >= 11 is 0. The molecule has 5 heteroatoms. The summed E-state index contributed by atoms with van der Waals surface area (Å²) in [5, 5.41) is 23.4. The van der Waals surface area contributed by atoms with E-state index in [4.69, 9.17) is 5.11 Å². The molecule has 0 aliphatic heterocycles. The Morgan fingerprint density at radius 2 is 1.78 bits per heavy atom. The number of nitro groups is 1. The van der Waals surface area contributed by atoms with E-state index in [9.17, 15) is 10.1 Å². The third-order valence-electron chi connectivity index (χ3n) is 3.76. The van der Waals surface area contributed by atoms with Gasteiger partial charge in [-0.15, -0.1) is 0 Å². The van der Waals surface area contributed by atoms with Gasteiger partial charge in [-0.05, 0) is 35.6 Å². The zero-order chi connectivity index (χ0) is 16.8. The normalized spacial score (nSPS) is 10.8. The molecule has 2 aromatic rings. The molecule has 2 rings (SSSR count). The fourth-order valence-electron chi connectivity index (χ4n) is 2.47. The van der Waals surface area contributed by atoms with Crippen molar-refractivity contribution >= 4 is 11.4 Å². The van der Waals surface area contributed by atoms with E-state index in [2.05, 4.69) is 5.32 Å². The van der Waals surface area contributed by atoms with Crippen LogP contribution in [-0.2, 0) is 13.0 Å². The van der Waals surface area contributed by atoms with E-state index in [0.29, 0.717) is 13.0 Å². The predicted molar refractivity (Wildman–Crippen MR) is 91.7 cm³/mol. The van der Waals surface area contributed by atoms with Crippen molar-refractivity contribution in [3.8, 4) is 0 Å². The third-order valence-corrected chi connectivity index (χ3v) is 3.76. The Bertz CT molecular complexity index is 666. The predicted octanol–water partition coefficient (Wildman–Crippen LogP) is 3.87. The molecule has 23 heavy (non-hydrogen) atoms. The molecule has 0 bridgehead atoms. The van der Waals surface area contributed by atoms with Crippen molar-refractivity contribution in [1.82, 2.24) is 0 Å². The van der Waals surface area contributed by atoms with Crippen molar-refractivity contribution in [3.63, 3.8) is 0 Å². The molecule has 2 N–H and O–H groups in total. The van der Waals surface area contributed by atoms with Gasteiger partial charge in [0, 0.05) is 30.5 Å². The summed E-state index contributed by atoms with van der Waals surface area (Å²) in [5.41, 5.74) is 3.84. The molecule has 0 fully saturated rings. The lowest BCUT2D eigenvalue weighted by molar-refractivity contribution is -0.385. The Morgan fingerprint density at radius 1 is 1.13 bits per heavy atom. The number of nitro benzene ring substituents is 1. The first-order valence-corrected chi connectivity index (χ1v) is 7.72. The van der Waals surface area contributed by atoms with Gasteiger partial charge in [0.1, 0.15) is 0 Å². The Morgan fingerprint density at radius 3 is 2.35 bits per heavy atom. The smallest absolute Gasteiger partial charge is 0.273 e. The van der Waals surface area contributed by atoms with Gasteiger partial charge in [-0.2, -0.15) is 0 Å².